The predicted octanol–water partition coefficient (Wildman–Crippen LogP) is 2.42. The molecule has 0 bridgehead atoms. The van der Waals surface area contributed by atoms with E-state index in [2.05, 4.69) is 10.6 Å². The van der Waals surface area contributed by atoms with Crippen LogP contribution in [-0.4, -0.2) is 12.1 Å². The molecular formula is C13H17FN2O. The summed E-state index contributed by atoms with van der Waals surface area (Å²) in [5.74, 6) is 0.382. The van der Waals surface area contributed by atoms with E-state index in [1.54, 1.807) is 12.1 Å². The van der Waals surface area contributed by atoms with Crippen molar-refractivity contribution in [3.05, 3.63) is 35.6 Å². The molecule has 0 aromatic heterocycles. The third-order valence-corrected chi connectivity index (χ3v) is 3.05. The van der Waals surface area contributed by atoms with Gasteiger partial charge in [-0.15, -0.1) is 0 Å². The van der Waals surface area contributed by atoms with E-state index >= 15 is 0 Å². The molecule has 1 fully saturated rings. The highest BCUT2D eigenvalue weighted by atomic mass is 19.1. The van der Waals surface area contributed by atoms with Crippen LogP contribution in [0.4, 0.5) is 9.18 Å². The van der Waals surface area contributed by atoms with Crippen molar-refractivity contribution in [3.63, 3.8) is 0 Å². The summed E-state index contributed by atoms with van der Waals surface area (Å²) in [5.41, 5.74) is 0.889. The molecule has 1 aromatic carbocycles. The molecule has 1 atom stereocenters. The fourth-order valence-electron chi connectivity index (χ4n) is 1.76. The number of rotatable bonds is 4. The van der Waals surface area contributed by atoms with E-state index < -0.39 is 0 Å². The summed E-state index contributed by atoms with van der Waals surface area (Å²) in [6.45, 7) is 2.44. The second-order valence-electron chi connectivity index (χ2n) is 4.58. The van der Waals surface area contributed by atoms with Gasteiger partial charge in [0.25, 0.3) is 0 Å². The second-order valence-corrected chi connectivity index (χ2v) is 4.58. The number of halogens is 1. The van der Waals surface area contributed by atoms with E-state index in [9.17, 15) is 9.18 Å². The summed E-state index contributed by atoms with van der Waals surface area (Å²) in [5, 5.41) is 5.66. The van der Waals surface area contributed by atoms with E-state index in [0.29, 0.717) is 12.5 Å². The summed E-state index contributed by atoms with van der Waals surface area (Å²) in [6.07, 6.45) is 2.42. The fourth-order valence-corrected chi connectivity index (χ4v) is 1.76. The number of carbonyl (C=O) groups excluding carboxylic acids is 1. The minimum Gasteiger partial charge on any atom is -0.335 e. The van der Waals surface area contributed by atoms with Crippen LogP contribution in [0, 0.1) is 11.7 Å². The molecule has 92 valence electrons. The average Bonchev–Trinajstić information content (AvgIpc) is 3.12. The van der Waals surface area contributed by atoms with Gasteiger partial charge in [-0.1, -0.05) is 12.1 Å². The van der Waals surface area contributed by atoms with Crippen LogP contribution in [-0.2, 0) is 6.54 Å². The minimum absolute atomic E-state index is 0.159. The monoisotopic (exact) mass is 236 g/mol. The van der Waals surface area contributed by atoms with Gasteiger partial charge in [0.15, 0.2) is 0 Å². The van der Waals surface area contributed by atoms with Crippen molar-refractivity contribution in [2.24, 2.45) is 5.92 Å². The number of urea groups is 1. The summed E-state index contributed by atoms with van der Waals surface area (Å²) in [7, 11) is 0. The third kappa shape index (κ3) is 3.73. The normalized spacial score (nSPS) is 16.4. The summed E-state index contributed by atoms with van der Waals surface area (Å²) < 4.78 is 12.7. The number of carbonyl (C=O) groups is 1. The summed E-state index contributed by atoms with van der Waals surface area (Å²) in [4.78, 5) is 11.5. The lowest BCUT2D eigenvalue weighted by Crippen LogP contribution is -2.41. The zero-order valence-electron chi connectivity index (χ0n) is 9.87. The topological polar surface area (TPSA) is 41.1 Å². The van der Waals surface area contributed by atoms with Gasteiger partial charge in [0.05, 0.1) is 0 Å². The molecule has 1 aromatic rings. The van der Waals surface area contributed by atoms with Crippen molar-refractivity contribution in [1.82, 2.24) is 10.6 Å². The van der Waals surface area contributed by atoms with E-state index in [1.807, 2.05) is 6.92 Å². The van der Waals surface area contributed by atoms with Gasteiger partial charge in [-0.3, -0.25) is 0 Å². The number of benzene rings is 1. The minimum atomic E-state index is -0.263. The molecule has 2 rings (SSSR count). The average molecular weight is 236 g/mol. The number of amides is 2. The Balaban J connectivity index is 1.73. The highest BCUT2D eigenvalue weighted by Gasteiger charge is 2.28. The van der Waals surface area contributed by atoms with E-state index in [-0.39, 0.29) is 17.9 Å². The Labute approximate surface area is 100 Å². The number of hydrogen-bond acceptors (Lipinski definition) is 1. The van der Waals surface area contributed by atoms with Gasteiger partial charge in [0.2, 0.25) is 0 Å². The lowest BCUT2D eigenvalue weighted by atomic mass is 10.2. The molecule has 17 heavy (non-hydrogen) atoms. The summed E-state index contributed by atoms with van der Waals surface area (Å²) >= 11 is 0. The maximum Gasteiger partial charge on any atom is 0.315 e. The Morgan fingerprint density at radius 1 is 1.41 bits per heavy atom. The molecule has 0 saturated heterocycles. The van der Waals surface area contributed by atoms with Crippen molar-refractivity contribution in [2.45, 2.75) is 32.4 Å². The molecular weight excluding hydrogens is 219 g/mol. The highest BCUT2D eigenvalue weighted by Crippen LogP contribution is 2.32. The molecule has 1 saturated carbocycles. The first kappa shape index (κ1) is 11.9. The molecule has 0 heterocycles. The molecule has 1 aliphatic rings. The van der Waals surface area contributed by atoms with Crippen molar-refractivity contribution in [2.75, 3.05) is 0 Å². The highest BCUT2D eigenvalue weighted by molar-refractivity contribution is 5.74. The first-order valence-electron chi connectivity index (χ1n) is 5.94. The van der Waals surface area contributed by atoms with Gasteiger partial charge in [-0.05, 0) is 43.4 Å². The van der Waals surface area contributed by atoms with Crippen LogP contribution in [0.15, 0.2) is 24.3 Å². The molecule has 0 unspecified atom stereocenters. The van der Waals surface area contributed by atoms with Gasteiger partial charge in [0.1, 0.15) is 5.82 Å². The van der Waals surface area contributed by atoms with E-state index in [1.165, 1.54) is 25.0 Å². The second kappa shape index (κ2) is 5.17. The van der Waals surface area contributed by atoms with E-state index in [0.717, 1.165) is 5.56 Å². The van der Waals surface area contributed by atoms with E-state index in [4.69, 9.17) is 0 Å². The van der Waals surface area contributed by atoms with Crippen LogP contribution < -0.4 is 10.6 Å². The maximum atomic E-state index is 12.7. The van der Waals surface area contributed by atoms with Crippen LogP contribution >= 0.6 is 0 Å². The smallest absolute Gasteiger partial charge is 0.315 e. The quantitative estimate of drug-likeness (QED) is 0.828. The summed E-state index contributed by atoms with van der Waals surface area (Å²) in [6, 6.07) is 6.19. The molecule has 0 radical (unpaired) electrons. The first-order chi connectivity index (χ1) is 8.15. The van der Waals surface area contributed by atoms with Crippen LogP contribution in [0.3, 0.4) is 0 Å². The largest absolute Gasteiger partial charge is 0.335 e. The lowest BCUT2D eigenvalue weighted by Gasteiger charge is -2.13. The molecule has 0 spiro atoms. The fraction of sp³-hybridized carbons (Fsp3) is 0.462. The van der Waals surface area contributed by atoms with Crippen LogP contribution in [0.5, 0.6) is 0 Å². The number of hydrogen-bond donors (Lipinski definition) is 2. The van der Waals surface area contributed by atoms with Crippen LogP contribution in [0.25, 0.3) is 0 Å². The molecule has 1 aliphatic carbocycles. The molecule has 0 aliphatic heterocycles. The Hall–Kier alpha value is -1.58. The Kier molecular flexibility index (Phi) is 3.61. The van der Waals surface area contributed by atoms with Gasteiger partial charge >= 0.3 is 6.03 Å². The Bertz CT molecular complexity index is 387. The molecule has 4 heteroatoms. The standard InChI is InChI=1S/C13H17FN2O/c1-9(11-4-5-11)16-13(17)15-8-10-2-6-12(14)7-3-10/h2-3,6-7,9,11H,4-5,8H2,1H3,(H2,15,16,17)/t9-/m0/s1. The number of nitrogens with one attached hydrogen (secondary N) is 2. The third-order valence-electron chi connectivity index (χ3n) is 3.05. The van der Waals surface area contributed by atoms with Crippen molar-refractivity contribution in [3.8, 4) is 0 Å². The maximum absolute atomic E-state index is 12.7. The molecule has 3 nitrogen and oxygen atoms in total. The zero-order chi connectivity index (χ0) is 12.3. The van der Waals surface area contributed by atoms with Crippen molar-refractivity contribution >= 4 is 6.03 Å². The lowest BCUT2D eigenvalue weighted by molar-refractivity contribution is 0.236. The SMILES string of the molecule is C[C@H](NC(=O)NCc1ccc(F)cc1)C1CC1. The van der Waals surface area contributed by atoms with Crippen LogP contribution in [0.2, 0.25) is 0 Å². The Morgan fingerprint density at radius 3 is 2.65 bits per heavy atom. The van der Waals surface area contributed by atoms with Gasteiger partial charge in [-0.25, -0.2) is 9.18 Å². The van der Waals surface area contributed by atoms with Gasteiger partial charge < -0.3 is 10.6 Å². The van der Waals surface area contributed by atoms with Crippen LogP contribution in [0.1, 0.15) is 25.3 Å². The first-order valence-corrected chi connectivity index (χ1v) is 5.94. The van der Waals surface area contributed by atoms with Gasteiger partial charge in [-0.2, -0.15) is 0 Å². The van der Waals surface area contributed by atoms with Crippen molar-refractivity contribution < 1.29 is 9.18 Å². The van der Waals surface area contributed by atoms with Crippen molar-refractivity contribution in [1.29, 1.82) is 0 Å². The Morgan fingerprint density at radius 2 is 2.06 bits per heavy atom. The molecule has 2 N–H and O–H groups in total. The molecule has 2 amide bonds. The van der Waals surface area contributed by atoms with Gasteiger partial charge in [0, 0.05) is 12.6 Å². The zero-order valence-corrected chi connectivity index (χ0v) is 9.87. The predicted molar refractivity (Wildman–Crippen MR) is 64.0 cm³/mol.